The van der Waals surface area contributed by atoms with Crippen molar-refractivity contribution in [2.75, 3.05) is 17.2 Å². The lowest BCUT2D eigenvalue weighted by Gasteiger charge is -2.32. The SMILES string of the molecule is Cc1cc(C(N)(CCC2CC2)c2ccc(F)c(NC(=O)[C@H]3C[C@@H](CO)CC3C(=O)Nc3ccc(Cl)cn3)c2)ccn1. The number of rotatable bonds is 10. The van der Waals surface area contributed by atoms with Crippen LogP contribution in [0.4, 0.5) is 15.9 Å². The van der Waals surface area contributed by atoms with E-state index in [9.17, 15) is 14.7 Å². The minimum atomic E-state index is -0.896. The lowest BCUT2D eigenvalue weighted by Crippen LogP contribution is -2.38. The Labute approximate surface area is 243 Å². The van der Waals surface area contributed by atoms with Gasteiger partial charge in [0.25, 0.3) is 0 Å². The largest absolute Gasteiger partial charge is 0.396 e. The first-order chi connectivity index (χ1) is 19.7. The fourth-order valence-electron chi connectivity index (χ4n) is 5.78. The Balaban J connectivity index is 1.38. The molecular weight excluding hydrogens is 545 g/mol. The second kappa shape index (κ2) is 12.2. The number of aliphatic hydroxyl groups excluding tert-OH is 1. The maximum atomic E-state index is 15.1. The quantitative estimate of drug-likeness (QED) is 0.262. The van der Waals surface area contributed by atoms with Gasteiger partial charge < -0.3 is 21.5 Å². The van der Waals surface area contributed by atoms with Gasteiger partial charge in [-0.3, -0.25) is 14.6 Å². The second-order valence-electron chi connectivity index (χ2n) is 11.4. The van der Waals surface area contributed by atoms with Crippen molar-refractivity contribution in [3.05, 3.63) is 82.5 Å². The molecule has 216 valence electrons. The number of benzene rings is 1. The highest BCUT2D eigenvalue weighted by molar-refractivity contribution is 6.30. The van der Waals surface area contributed by atoms with Crippen LogP contribution in [-0.2, 0) is 15.1 Å². The molecule has 41 heavy (non-hydrogen) atoms. The van der Waals surface area contributed by atoms with Gasteiger partial charge in [-0.1, -0.05) is 30.5 Å². The molecule has 10 heteroatoms. The molecule has 2 amide bonds. The number of carbonyl (C=O) groups is 2. The smallest absolute Gasteiger partial charge is 0.229 e. The van der Waals surface area contributed by atoms with Gasteiger partial charge in [0.1, 0.15) is 11.6 Å². The number of hydrogen-bond donors (Lipinski definition) is 4. The minimum Gasteiger partial charge on any atom is -0.396 e. The molecule has 1 aromatic carbocycles. The number of aromatic nitrogens is 2. The molecule has 0 radical (unpaired) electrons. The van der Waals surface area contributed by atoms with Crippen molar-refractivity contribution in [2.24, 2.45) is 29.4 Å². The summed E-state index contributed by atoms with van der Waals surface area (Å²) in [5.41, 5.74) is 8.58. The standard InChI is InChI=1S/C31H35ClFN5O3/c1-18-12-22(9-11-35-18)31(34,10-8-19-2-3-19)21-4-6-26(33)27(15-21)37-29(40)24-13-20(17-39)14-25(24)30(41)38-28-7-5-23(32)16-36-28/h4-7,9,11-12,15-16,19-20,24-25,39H,2-3,8,10,13-14,17,34H2,1H3,(H,37,40)(H,36,38,41)/t20-,24+,25?,31?/m1/s1. The monoisotopic (exact) mass is 579 g/mol. The number of nitrogens with zero attached hydrogens (tertiary/aromatic N) is 2. The zero-order valence-electron chi connectivity index (χ0n) is 22.9. The van der Waals surface area contributed by atoms with Crippen molar-refractivity contribution in [3.63, 3.8) is 0 Å². The second-order valence-corrected chi connectivity index (χ2v) is 11.8. The van der Waals surface area contributed by atoms with Gasteiger partial charge in [0.2, 0.25) is 11.8 Å². The third kappa shape index (κ3) is 6.74. The number of anilines is 2. The summed E-state index contributed by atoms with van der Waals surface area (Å²) in [7, 11) is 0. The zero-order valence-corrected chi connectivity index (χ0v) is 23.7. The van der Waals surface area contributed by atoms with E-state index >= 15 is 4.39 Å². The summed E-state index contributed by atoms with van der Waals surface area (Å²) in [4.78, 5) is 35.1. The van der Waals surface area contributed by atoms with E-state index < -0.39 is 29.1 Å². The zero-order chi connectivity index (χ0) is 29.1. The molecule has 8 nitrogen and oxygen atoms in total. The number of aliphatic hydroxyl groups is 1. The van der Waals surface area contributed by atoms with Gasteiger partial charge in [-0.05, 0) is 92.0 Å². The summed E-state index contributed by atoms with van der Waals surface area (Å²) in [6, 6.07) is 11.6. The summed E-state index contributed by atoms with van der Waals surface area (Å²) in [5.74, 6) is -2.23. The molecule has 2 saturated carbocycles. The third-order valence-corrected chi connectivity index (χ3v) is 8.59. The van der Waals surface area contributed by atoms with Crippen LogP contribution in [-0.4, -0.2) is 33.5 Å². The number of nitrogens with two attached hydrogens (primary N) is 1. The van der Waals surface area contributed by atoms with E-state index in [4.69, 9.17) is 17.3 Å². The first kappa shape index (κ1) is 29.1. The molecule has 3 aromatic rings. The van der Waals surface area contributed by atoms with Gasteiger partial charge in [0.15, 0.2) is 0 Å². The number of pyridine rings is 2. The molecule has 2 aliphatic carbocycles. The van der Waals surface area contributed by atoms with Crippen LogP contribution in [0.2, 0.25) is 5.02 Å². The summed E-state index contributed by atoms with van der Waals surface area (Å²) in [6.45, 7) is 1.75. The molecule has 2 fully saturated rings. The molecule has 5 N–H and O–H groups in total. The molecule has 0 aliphatic heterocycles. The van der Waals surface area contributed by atoms with Crippen molar-refractivity contribution in [1.82, 2.24) is 9.97 Å². The minimum absolute atomic E-state index is 0.00509. The average Bonchev–Trinajstić information content (AvgIpc) is 3.69. The molecule has 2 aliphatic rings. The average molecular weight is 580 g/mol. The predicted molar refractivity (Wildman–Crippen MR) is 156 cm³/mol. The molecule has 0 spiro atoms. The van der Waals surface area contributed by atoms with Crippen LogP contribution in [0.3, 0.4) is 0 Å². The highest BCUT2D eigenvalue weighted by Gasteiger charge is 2.43. The Hall–Kier alpha value is -3.40. The van der Waals surface area contributed by atoms with E-state index in [1.54, 1.807) is 30.5 Å². The Bertz CT molecular complexity index is 1420. The normalized spacial score (nSPS) is 21.7. The highest BCUT2D eigenvalue weighted by atomic mass is 35.5. The molecule has 2 aromatic heterocycles. The molecule has 2 heterocycles. The van der Waals surface area contributed by atoms with Gasteiger partial charge in [0, 0.05) is 24.7 Å². The van der Waals surface area contributed by atoms with Crippen LogP contribution in [0.5, 0.6) is 0 Å². The van der Waals surface area contributed by atoms with Crippen LogP contribution in [0.25, 0.3) is 0 Å². The van der Waals surface area contributed by atoms with Crippen molar-refractivity contribution in [1.29, 1.82) is 0 Å². The molecule has 0 bridgehead atoms. The van der Waals surface area contributed by atoms with Crippen molar-refractivity contribution in [2.45, 2.75) is 51.0 Å². The van der Waals surface area contributed by atoms with Crippen LogP contribution < -0.4 is 16.4 Å². The third-order valence-electron chi connectivity index (χ3n) is 8.37. The molecule has 4 atom stereocenters. The Kier molecular flexibility index (Phi) is 8.68. The first-order valence-electron chi connectivity index (χ1n) is 14.0. The van der Waals surface area contributed by atoms with Gasteiger partial charge in [0.05, 0.1) is 28.1 Å². The number of carbonyl (C=O) groups excluding carboxylic acids is 2. The Morgan fingerprint density at radius 1 is 1.02 bits per heavy atom. The number of amides is 2. The molecule has 5 rings (SSSR count). The van der Waals surface area contributed by atoms with Crippen LogP contribution in [0.1, 0.15) is 55.3 Å². The van der Waals surface area contributed by atoms with Gasteiger partial charge >= 0.3 is 0 Å². The van der Waals surface area contributed by atoms with Crippen LogP contribution in [0.15, 0.2) is 54.9 Å². The lowest BCUT2D eigenvalue weighted by molar-refractivity contribution is -0.128. The fraction of sp³-hybridized carbons (Fsp3) is 0.419. The van der Waals surface area contributed by atoms with E-state index in [0.717, 1.165) is 17.7 Å². The summed E-state index contributed by atoms with van der Waals surface area (Å²) in [6.07, 6.45) is 7.75. The Morgan fingerprint density at radius 3 is 2.37 bits per heavy atom. The van der Waals surface area contributed by atoms with Crippen LogP contribution >= 0.6 is 11.6 Å². The molecular formula is C31H35ClFN5O3. The van der Waals surface area contributed by atoms with E-state index in [1.165, 1.54) is 25.1 Å². The number of halogens is 2. The highest BCUT2D eigenvalue weighted by Crippen LogP contribution is 2.41. The predicted octanol–water partition coefficient (Wildman–Crippen LogP) is 5.18. The maximum Gasteiger partial charge on any atom is 0.229 e. The summed E-state index contributed by atoms with van der Waals surface area (Å²) in [5, 5.41) is 15.7. The number of aryl methyl sites for hydroxylation is 1. The number of hydrogen-bond acceptors (Lipinski definition) is 6. The van der Waals surface area contributed by atoms with E-state index in [1.807, 2.05) is 19.1 Å². The topological polar surface area (TPSA) is 130 Å². The van der Waals surface area contributed by atoms with Crippen LogP contribution in [0, 0.1) is 36.4 Å². The van der Waals surface area contributed by atoms with E-state index in [2.05, 4.69) is 20.6 Å². The van der Waals surface area contributed by atoms with Gasteiger partial charge in [-0.2, -0.15) is 0 Å². The summed E-state index contributed by atoms with van der Waals surface area (Å²) < 4.78 is 15.1. The number of nitrogens with one attached hydrogen (secondary N) is 2. The Morgan fingerprint density at radius 2 is 1.73 bits per heavy atom. The lowest BCUT2D eigenvalue weighted by atomic mass is 9.79. The van der Waals surface area contributed by atoms with E-state index in [0.29, 0.717) is 41.6 Å². The molecule has 0 saturated heterocycles. The van der Waals surface area contributed by atoms with Crippen molar-refractivity contribution in [3.8, 4) is 0 Å². The summed E-state index contributed by atoms with van der Waals surface area (Å²) >= 11 is 5.89. The van der Waals surface area contributed by atoms with Crippen molar-refractivity contribution < 1.29 is 19.1 Å². The van der Waals surface area contributed by atoms with Gasteiger partial charge in [-0.25, -0.2) is 9.37 Å². The van der Waals surface area contributed by atoms with Gasteiger partial charge in [-0.15, -0.1) is 0 Å². The first-order valence-corrected chi connectivity index (χ1v) is 14.4. The maximum absolute atomic E-state index is 15.1. The van der Waals surface area contributed by atoms with Crippen molar-refractivity contribution >= 4 is 34.9 Å². The van der Waals surface area contributed by atoms with E-state index in [-0.39, 0.29) is 24.1 Å². The fourth-order valence-corrected chi connectivity index (χ4v) is 5.89. The molecule has 2 unspecified atom stereocenters.